The van der Waals surface area contributed by atoms with Gasteiger partial charge in [0.25, 0.3) is 0 Å². The third-order valence-corrected chi connectivity index (χ3v) is 12.5. The van der Waals surface area contributed by atoms with Crippen LogP contribution in [0.15, 0.2) is 188 Å². The maximum atomic E-state index is 2.71. The van der Waals surface area contributed by atoms with Crippen molar-refractivity contribution in [1.29, 1.82) is 0 Å². The van der Waals surface area contributed by atoms with Gasteiger partial charge in [-0.15, -0.1) is 0 Å². The number of benzene rings is 7. The SMILES string of the molecule is CC(C)(C)c1ccc(-c2ccccc2)c(N(c2ccccc2-c2cccc3cccc(-c4ccccc4)c23)C2C=CC=C3C(C)(C)c4ccccc4C32C)c1. The number of para-hydroxylation sites is 1. The van der Waals surface area contributed by atoms with E-state index in [0.29, 0.717) is 0 Å². The predicted molar refractivity (Wildman–Crippen MR) is 235 cm³/mol. The summed E-state index contributed by atoms with van der Waals surface area (Å²) in [5.41, 5.74) is 14.9. The van der Waals surface area contributed by atoms with E-state index in [1.165, 1.54) is 77.8 Å². The first-order chi connectivity index (χ1) is 26.6. The summed E-state index contributed by atoms with van der Waals surface area (Å²) in [5.74, 6) is 0. The Morgan fingerprint density at radius 1 is 0.509 bits per heavy atom. The van der Waals surface area contributed by atoms with Crippen molar-refractivity contribution in [3.8, 4) is 33.4 Å². The first kappa shape index (κ1) is 34.8. The van der Waals surface area contributed by atoms with Crippen molar-refractivity contribution in [2.45, 2.75) is 63.8 Å². The van der Waals surface area contributed by atoms with Crippen LogP contribution in [0.1, 0.15) is 58.2 Å². The van der Waals surface area contributed by atoms with Gasteiger partial charge in [0.15, 0.2) is 0 Å². The number of hydrogen-bond donors (Lipinski definition) is 0. The third-order valence-electron chi connectivity index (χ3n) is 12.5. The molecule has 0 N–H and O–H groups in total. The average molecular weight is 712 g/mol. The fourth-order valence-corrected chi connectivity index (χ4v) is 9.74. The van der Waals surface area contributed by atoms with Gasteiger partial charge in [0.2, 0.25) is 0 Å². The minimum absolute atomic E-state index is 0.0298. The standard InChI is InChI=1S/C54H49N/c1-52(2,3)40-34-35-41(37-20-9-7-10-21-37)48(36-40)55(50-33-19-32-49-53(4,5)45-29-14-15-30-46(45)54(49,50)6)47-31-16-13-26-43(47)44-28-18-25-39-24-17-27-42(51(39)44)38-22-11-8-12-23-38/h7-36,50H,1-6H3. The summed E-state index contributed by atoms with van der Waals surface area (Å²) in [6.45, 7) is 14.3. The molecule has 2 atom stereocenters. The highest BCUT2D eigenvalue weighted by Gasteiger charge is 2.55. The molecular weight excluding hydrogens is 663 g/mol. The second-order valence-electron chi connectivity index (χ2n) is 17.1. The highest BCUT2D eigenvalue weighted by Crippen LogP contribution is 2.59. The van der Waals surface area contributed by atoms with Gasteiger partial charge in [0.1, 0.15) is 0 Å². The average Bonchev–Trinajstić information content (AvgIpc) is 3.40. The molecule has 0 aliphatic heterocycles. The Kier molecular flexibility index (Phi) is 8.32. The second-order valence-corrected chi connectivity index (χ2v) is 17.1. The normalized spacial score (nSPS) is 18.4. The van der Waals surface area contributed by atoms with E-state index >= 15 is 0 Å². The van der Waals surface area contributed by atoms with Crippen molar-refractivity contribution in [2.75, 3.05) is 4.90 Å². The molecule has 0 bridgehead atoms. The van der Waals surface area contributed by atoms with Gasteiger partial charge in [-0.25, -0.2) is 0 Å². The molecule has 7 aromatic carbocycles. The van der Waals surface area contributed by atoms with Crippen molar-refractivity contribution in [3.63, 3.8) is 0 Å². The van der Waals surface area contributed by atoms with Gasteiger partial charge in [-0.3, -0.25) is 0 Å². The van der Waals surface area contributed by atoms with Gasteiger partial charge in [-0.1, -0.05) is 205 Å². The zero-order valence-corrected chi connectivity index (χ0v) is 32.8. The largest absolute Gasteiger partial charge is 0.332 e. The molecule has 0 amide bonds. The van der Waals surface area contributed by atoms with E-state index < -0.39 is 0 Å². The van der Waals surface area contributed by atoms with E-state index in [9.17, 15) is 0 Å². The smallest absolute Gasteiger partial charge is 0.0657 e. The quantitative estimate of drug-likeness (QED) is 0.166. The number of nitrogens with zero attached hydrogens (tertiary/aromatic N) is 1. The van der Waals surface area contributed by atoms with Gasteiger partial charge in [0.05, 0.1) is 6.04 Å². The molecule has 0 spiro atoms. The van der Waals surface area contributed by atoms with Crippen molar-refractivity contribution < 1.29 is 0 Å². The lowest BCUT2D eigenvalue weighted by atomic mass is 9.67. The minimum Gasteiger partial charge on any atom is -0.332 e. The van der Waals surface area contributed by atoms with Gasteiger partial charge in [-0.05, 0) is 79.8 Å². The number of allylic oxidation sites excluding steroid dienone is 2. The first-order valence-electron chi connectivity index (χ1n) is 19.7. The molecule has 0 fully saturated rings. The Hall–Kier alpha value is -5.92. The lowest BCUT2D eigenvalue weighted by molar-refractivity contribution is 0.457. The molecule has 0 aromatic heterocycles. The number of rotatable bonds is 6. The summed E-state index contributed by atoms with van der Waals surface area (Å²) in [4.78, 5) is 2.71. The van der Waals surface area contributed by atoms with Gasteiger partial charge < -0.3 is 4.90 Å². The van der Waals surface area contributed by atoms with E-state index in [2.05, 4.69) is 228 Å². The van der Waals surface area contributed by atoms with Crippen LogP contribution in [0.3, 0.4) is 0 Å². The molecule has 9 rings (SSSR count). The summed E-state index contributed by atoms with van der Waals surface area (Å²) in [7, 11) is 0. The van der Waals surface area contributed by atoms with Gasteiger partial charge in [0, 0.05) is 33.3 Å². The molecule has 7 aromatic rings. The summed E-state index contributed by atoms with van der Waals surface area (Å²) < 4.78 is 0. The summed E-state index contributed by atoms with van der Waals surface area (Å²) >= 11 is 0. The van der Waals surface area contributed by atoms with Crippen LogP contribution in [-0.2, 0) is 16.2 Å². The Morgan fingerprint density at radius 3 is 1.78 bits per heavy atom. The molecule has 2 aliphatic carbocycles. The van der Waals surface area contributed by atoms with E-state index in [-0.39, 0.29) is 22.3 Å². The van der Waals surface area contributed by atoms with Crippen LogP contribution in [0.25, 0.3) is 44.2 Å². The highest BCUT2D eigenvalue weighted by molar-refractivity contribution is 6.08. The van der Waals surface area contributed by atoms with Crippen molar-refractivity contribution in [3.05, 3.63) is 204 Å². The summed E-state index contributed by atoms with van der Waals surface area (Å²) in [5, 5.41) is 2.51. The van der Waals surface area contributed by atoms with Crippen LogP contribution in [0.5, 0.6) is 0 Å². The molecular formula is C54H49N. The second kappa shape index (κ2) is 13.1. The summed E-state index contributed by atoms with van der Waals surface area (Å²) in [6.07, 6.45) is 7.20. The Morgan fingerprint density at radius 2 is 1.09 bits per heavy atom. The van der Waals surface area contributed by atoms with Crippen LogP contribution in [0.2, 0.25) is 0 Å². The zero-order valence-electron chi connectivity index (χ0n) is 32.8. The van der Waals surface area contributed by atoms with Crippen LogP contribution in [-0.4, -0.2) is 6.04 Å². The van der Waals surface area contributed by atoms with Crippen molar-refractivity contribution >= 4 is 22.1 Å². The fraction of sp³-hybridized carbons (Fsp3) is 0.185. The number of hydrogen-bond acceptors (Lipinski definition) is 1. The van der Waals surface area contributed by atoms with E-state index in [4.69, 9.17) is 0 Å². The highest BCUT2D eigenvalue weighted by atomic mass is 15.2. The van der Waals surface area contributed by atoms with Gasteiger partial charge >= 0.3 is 0 Å². The minimum atomic E-state index is -0.304. The Balaban J connectivity index is 1.38. The topological polar surface area (TPSA) is 3.24 Å². The van der Waals surface area contributed by atoms with Crippen LogP contribution < -0.4 is 4.90 Å². The van der Waals surface area contributed by atoms with Crippen LogP contribution in [0.4, 0.5) is 11.4 Å². The fourth-order valence-electron chi connectivity index (χ4n) is 9.74. The molecule has 1 nitrogen and oxygen atoms in total. The molecule has 55 heavy (non-hydrogen) atoms. The van der Waals surface area contributed by atoms with Crippen molar-refractivity contribution in [1.82, 2.24) is 0 Å². The molecule has 2 aliphatic rings. The zero-order chi connectivity index (χ0) is 38.0. The third kappa shape index (κ3) is 5.60. The lowest BCUT2D eigenvalue weighted by Gasteiger charge is -2.47. The van der Waals surface area contributed by atoms with Crippen molar-refractivity contribution in [2.24, 2.45) is 0 Å². The lowest BCUT2D eigenvalue weighted by Crippen LogP contribution is -2.48. The van der Waals surface area contributed by atoms with E-state index in [1.807, 2.05) is 0 Å². The van der Waals surface area contributed by atoms with Gasteiger partial charge in [-0.2, -0.15) is 0 Å². The first-order valence-corrected chi connectivity index (χ1v) is 19.7. The number of anilines is 2. The predicted octanol–water partition coefficient (Wildman–Crippen LogP) is 14.4. The molecule has 0 saturated carbocycles. The Labute approximate surface area is 327 Å². The molecule has 270 valence electrons. The van der Waals surface area contributed by atoms with Crippen LogP contribution >= 0.6 is 0 Å². The molecule has 0 radical (unpaired) electrons. The molecule has 0 saturated heterocycles. The Bertz CT molecular complexity index is 2610. The summed E-state index contributed by atoms with van der Waals surface area (Å²) in [6, 6.07) is 60.8. The number of fused-ring (bicyclic) bond motifs is 4. The van der Waals surface area contributed by atoms with E-state index in [0.717, 1.165) is 0 Å². The van der Waals surface area contributed by atoms with Crippen LogP contribution in [0, 0.1) is 0 Å². The monoisotopic (exact) mass is 711 g/mol. The molecule has 2 unspecified atom stereocenters. The molecule has 0 heterocycles. The maximum Gasteiger partial charge on any atom is 0.0657 e. The maximum absolute atomic E-state index is 2.71. The van der Waals surface area contributed by atoms with E-state index in [1.54, 1.807) is 0 Å². The molecule has 1 heteroatoms.